The van der Waals surface area contributed by atoms with Crippen molar-refractivity contribution >= 4 is 5.91 Å². The molecule has 2 atom stereocenters. The maximum Gasteiger partial charge on any atom is 0.220 e. The van der Waals surface area contributed by atoms with Gasteiger partial charge >= 0.3 is 0 Å². The molecule has 0 aromatic heterocycles. The number of fused-ring (bicyclic) bond motifs is 1. The third kappa shape index (κ3) is 3.04. The molecule has 0 aliphatic heterocycles. The van der Waals surface area contributed by atoms with E-state index in [1.807, 2.05) is 36.4 Å². The topological polar surface area (TPSA) is 49.3 Å². The SMILES string of the molecule is Cc1ccccc1CCC(=O)NC1c2ccccc2CC1O. The van der Waals surface area contributed by atoms with Crippen molar-refractivity contribution in [3.63, 3.8) is 0 Å². The van der Waals surface area contributed by atoms with Crippen LogP contribution in [0.15, 0.2) is 48.5 Å². The summed E-state index contributed by atoms with van der Waals surface area (Å²) in [5.74, 6) is -0.0102. The molecule has 1 aliphatic carbocycles. The van der Waals surface area contributed by atoms with E-state index in [-0.39, 0.29) is 11.9 Å². The summed E-state index contributed by atoms with van der Waals surface area (Å²) < 4.78 is 0. The zero-order valence-electron chi connectivity index (χ0n) is 12.8. The average Bonchev–Trinajstić information content (AvgIpc) is 2.83. The van der Waals surface area contributed by atoms with Crippen LogP contribution in [0.4, 0.5) is 0 Å². The number of benzene rings is 2. The number of amides is 1. The Morgan fingerprint density at radius 2 is 1.91 bits per heavy atom. The van der Waals surface area contributed by atoms with E-state index in [1.54, 1.807) is 0 Å². The van der Waals surface area contributed by atoms with Gasteiger partial charge in [0.25, 0.3) is 0 Å². The number of hydrogen-bond acceptors (Lipinski definition) is 2. The van der Waals surface area contributed by atoms with E-state index in [0.717, 1.165) is 17.5 Å². The molecule has 1 amide bonds. The monoisotopic (exact) mass is 295 g/mol. The molecule has 0 radical (unpaired) electrons. The first-order valence-electron chi connectivity index (χ1n) is 7.75. The quantitative estimate of drug-likeness (QED) is 0.911. The van der Waals surface area contributed by atoms with E-state index in [1.165, 1.54) is 11.1 Å². The Labute approximate surface area is 131 Å². The fourth-order valence-electron chi connectivity index (χ4n) is 3.13. The highest BCUT2D eigenvalue weighted by atomic mass is 16.3. The lowest BCUT2D eigenvalue weighted by Gasteiger charge is -2.18. The lowest BCUT2D eigenvalue weighted by atomic mass is 10.0. The van der Waals surface area contributed by atoms with Crippen LogP contribution >= 0.6 is 0 Å². The lowest BCUT2D eigenvalue weighted by Crippen LogP contribution is -2.34. The van der Waals surface area contributed by atoms with Gasteiger partial charge in [-0.1, -0.05) is 48.5 Å². The van der Waals surface area contributed by atoms with Crippen LogP contribution in [0.2, 0.25) is 0 Å². The van der Waals surface area contributed by atoms with Crippen molar-refractivity contribution < 1.29 is 9.90 Å². The van der Waals surface area contributed by atoms with Gasteiger partial charge in [0.15, 0.2) is 0 Å². The minimum Gasteiger partial charge on any atom is -0.390 e. The highest BCUT2D eigenvalue weighted by Gasteiger charge is 2.31. The molecule has 0 heterocycles. The Bertz CT molecular complexity index is 681. The normalized spacial score (nSPS) is 19.7. The third-order valence-corrected chi connectivity index (χ3v) is 4.40. The summed E-state index contributed by atoms with van der Waals surface area (Å²) in [6.45, 7) is 2.06. The van der Waals surface area contributed by atoms with E-state index in [2.05, 4.69) is 24.4 Å². The summed E-state index contributed by atoms with van der Waals surface area (Å²) >= 11 is 0. The predicted molar refractivity (Wildman–Crippen MR) is 86.5 cm³/mol. The largest absolute Gasteiger partial charge is 0.390 e. The lowest BCUT2D eigenvalue weighted by molar-refractivity contribution is -0.122. The Morgan fingerprint density at radius 1 is 1.18 bits per heavy atom. The fourth-order valence-corrected chi connectivity index (χ4v) is 3.13. The van der Waals surface area contributed by atoms with Gasteiger partial charge in [0.2, 0.25) is 5.91 Å². The van der Waals surface area contributed by atoms with Gasteiger partial charge < -0.3 is 10.4 Å². The van der Waals surface area contributed by atoms with Gasteiger partial charge in [0, 0.05) is 12.8 Å². The van der Waals surface area contributed by atoms with E-state index in [9.17, 15) is 9.90 Å². The Hall–Kier alpha value is -2.13. The van der Waals surface area contributed by atoms with Crippen molar-refractivity contribution in [3.05, 3.63) is 70.8 Å². The summed E-state index contributed by atoms with van der Waals surface area (Å²) in [6, 6.07) is 15.8. The molecule has 114 valence electrons. The zero-order valence-corrected chi connectivity index (χ0v) is 12.8. The van der Waals surface area contributed by atoms with Crippen LogP contribution in [0.1, 0.15) is 34.7 Å². The Morgan fingerprint density at radius 3 is 2.73 bits per heavy atom. The fraction of sp³-hybridized carbons (Fsp3) is 0.316. The predicted octanol–water partition coefficient (Wildman–Crippen LogP) is 2.70. The van der Waals surface area contributed by atoms with Crippen molar-refractivity contribution in [1.82, 2.24) is 5.32 Å². The third-order valence-electron chi connectivity index (χ3n) is 4.40. The first kappa shape index (κ1) is 14.8. The molecule has 0 saturated heterocycles. The smallest absolute Gasteiger partial charge is 0.220 e. The molecule has 2 unspecified atom stereocenters. The van der Waals surface area contributed by atoms with Crippen molar-refractivity contribution in [2.75, 3.05) is 0 Å². The number of aryl methyl sites for hydroxylation is 2. The molecule has 0 fully saturated rings. The van der Waals surface area contributed by atoms with Gasteiger partial charge in [-0.15, -0.1) is 0 Å². The van der Waals surface area contributed by atoms with Crippen LogP contribution in [-0.2, 0) is 17.6 Å². The molecule has 0 spiro atoms. The highest BCUT2D eigenvalue weighted by Crippen LogP contribution is 2.31. The number of carbonyl (C=O) groups excluding carboxylic acids is 1. The number of rotatable bonds is 4. The molecule has 0 bridgehead atoms. The van der Waals surface area contributed by atoms with Crippen LogP contribution in [-0.4, -0.2) is 17.1 Å². The molecule has 1 aliphatic rings. The van der Waals surface area contributed by atoms with Crippen LogP contribution in [0.25, 0.3) is 0 Å². The van der Waals surface area contributed by atoms with Gasteiger partial charge in [0.05, 0.1) is 12.1 Å². The van der Waals surface area contributed by atoms with Crippen LogP contribution in [0.3, 0.4) is 0 Å². The minimum atomic E-state index is -0.528. The van der Waals surface area contributed by atoms with Gasteiger partial charge in [-0.2, -0.15) is 0 Å². The van der Waals surface area contributed by atoms with Gasteiger partial charge in [0.1, 0.15) is 0 Å². The van der Waals surface area contributed by atoms with Crippen molar-refractivity contribution in [1.29, 1.82) is 0 Å². The van der Waals surface area contributed by atoms with Crippen molar-refractivity contribution in [3.8, 4) is 0 Å². The average molecular weight is 295 g/mol. The summed E-state index contributed by atoms with van der Waals surface area (Å²) in [4.78, 5) is 12.2. The number of aliphatic hydroxyl groups excluding tert-OH is 1. The molecular weight excluding hydrogens is 274 g/mol. The molecule has 2 aromatic rings. The van der Waals surface area contributed by atoms with Crippen molar-refractivity contribution in [2.24, 2.45) is 0 Å². The van der Waals surface area contributed by atoms with Crippen LogP contribution in [0.5, 0.6) is 0 Å². The zero-order chi connectivity index (χ0) is 15.5. The van der Waals surface area contributed by atoms with E-state index >= 15 is 0 Å². The molecule has 3 rings (SSSR count). The van der Waals surface area contributed by atoms with E-state index in [4.69, 9.17) is 0 Å². The van der Waals surface area contributed by atoms with Gasteiger partial charge in [-0.25, -0.2) is 0 Å². The Balaban J connectivity index is 1.62. The van der Waals surface area contributed by atoms with Gasteiger partial charge in [-0.3, -0.25) is 4.79 Å². The number of carbonyl (C=O) groups is 1. The number of aliphatic hydroxyl groups is 1. The second-order valence-electron chi connectivity index (χ2n) is 5.94. The second kappa shape index (κ2) is 6.32. The molecule has 22 heavy (non-hydrogen) atoms. The maximum absolute atomic E-state index is 12.2. The number of hydrogen-bond donors (Lipinski definition) is 2. The van der Waals surface area contributed by atoms with Crippen molar-refractivity contribution in [2.45, 2.75) is 38.3 Å². The minimum absolute atomic E-state index is 0.0102. The van der Waals surface area contributed by atoms with Crippen LogP contribution < -0.4 is 5.32 Å². The first-order valence-corrected chi connectivity index (χ1v) is 7.75. The highest BCUT2D eigenvalue weighted by molar-refractivity contribution is 5.77. The van der Waals surface area contributed by atoms with E-state index < -0.39 is 6.10 Å². The summed E-state index contributed by atoms with van der Waals surface area (Å²) in [5, 5.41) is 13.2. The van der Waals surface area contributed by atoms with Gasteiger partial charge in [-0.05, 0) is 35.6 Å². The van der Waals surface area contributed by atoms with E-state index in [0.29, 0.717) is 12.8 Å². The summed E-state index contributed by atoms with van der Waals surface area (Å²) in [5.41, 5.74) is 4.57. The molecule has 2 aromatic carbocycles. The molecule has 0 saturated carbocycles. The first-order chi connectivity index (χ1) is 10.6. The molecule has 3 heteroatoms. The maximum atomic E-state index is 12.2. The number of nitrogens with one attached hydrogen (secondary N) is 1. The molecular formula is C19H21NO2. The standard InChI is InChI=1S/C19H21NO2/c1-13-6-2-3-7-14(13)10-11-18(22)20-19-16-9-5-4-8-15(16)12-17(19)21/h2-9,17,19,21H,10-12H2,1H3,(H,20,22). The summed E-state index contributed by atoms with van der Waals surface area (Å²) in [6.07, 6.45) is 1.25. The molecule has 3 nitrogen and oxygen atoms in total. The Kier molecular flexibility index (Phi) is 4.25. The second-order valence-corrected chi connectivity index (χ2v) is 5.94. The van der Waals surface area contributed by atoms with Crippen LogP contribution in [0, 0.1) is 6.92 Å². The summed E-state index contributed by atoms with van der Waals surface area (Å²) in [7, 11) is 0. The molecule has 2 N–H and O–H groups in total.